The monoisotopic (exact) mass is 240 g/mol. The molecule has 2 saturated heterocycles. The molecule has 2 heterocycles. The van der Waals surface area contributed by atoms with Crippen LogP contribution in [0.3, 0.4) is 0 Å². The van der Waals surface area contributed by atoms with E-state index in [1.165, 1.54) is 0 Å². The molecule has 5 heteroatoms. The highest BCUT2D eigenvalue weighted by Gasteiger charge is 2.29. The molecule has 1 N–H and O–H groups in total. The van der Waals surface area contributed by atoms with Crippen LogP contribution in [-0.4, -0.2) is 49.1 Å². The Kier molecular flexibility index (Phi) is 3.99. The lowest BCUT2D eigenvalue weighted by Crippen LogP contribution is -2.46. The minimum absolute atomic E-state index is 0.0435. The zero-order valence-electron chi connectivity index (χ0n) is 10.3. The van der Waals surface area contributed by atoms with E-state index in [1.54, 1.807) is 0 Å². The predicted molar refractivity (Wildman–Crippen MR) is 62.3 cm³/mol. The van der Waals surface area contributed by atoms with Gasteiger partial charge in [-0.15, -0.1) is 0 Å². The summed E-state index contributed by atoms with van der Waals surface area (Å²) in [6.07, 6.45) is 2.15. The first-order valence-corrected chi connectivity index (χ1v) is 6.34. The molecule has 17 heavy (non-hydrogen) atoms. The largest absolute Gasteiger partial charge is 0.377 e. The molecule has 0 saturated carbocycles. The van der Waals surface area contributed by atoms with Gasteiger partial charge in [-0.2, -0.15) is 0 Å². The molecule has 0 spiro atoms. The van der Waals surface area contributed by atoms with E-state index in [2.05, 4.69) is 5.32 Å². The average molecular weight is 240 g/mol. The molecular weight excluding hydrogens is 220 g/mol. The zero-order chi connectivity index (χ0) is 12.3. The first-order chi connectivity index (χ1) is 8.16. The third-order valence-electron chi connectivity index (χ3n) is 3.38. The van der Waals surface area contributed by atoms with E-state index in [0.717, 1.165) is 19.6 Å². The normalized spacial score (nSPS) is 30.6. The van der Waals surface area contributed by atoms with E-state index in [4.69, 9.17) is 4.74 Å². The summed E-state index contributed by atoms with van der Waals surface area (Å²) in [4.78, 5) is 25.2. The van der Waals surface area contributed by atoms with Gasteiger partial charge in [-0.25, -0.2) is 0 Å². The Morgan fingerprint density at radius 2 is 2.35 bits per heavy atom. The highest BCUT2D eigenvalue weighted by Crippen LogP contribution is 2.16. The van der Waals surface area contributed by atoms with Crippen molar-refractivity contribution in [3.05, 3.63) is 0 Å². The van der Waals surface area contributed by atoms with Crippen LogP contribution in [-0.2, 0) is 14.3 Å². The second-order valence-electron chi connectivity index (χ2n) is 4.86. The van der Waals surface area contributed by atoms with Crippen LogP contribution in [0.4, 0.5) is 0 Å². The van der Waals surface area contributed by atoms with Crippen molar-refractivity contribution < 1.29 is 14.3 Å². The van der Waals surface area contributed by atoms with Gasteiger partial charge in [0.05, 0.1) is 12.0 Å². The van der Waals surface area contributed by atoms with Gasteiger partial charge in [-0.3, -0.25) is 9.59 Å². The number of ether oxygens (including phenoxy) is 1. The van der Waals surface area contributed by atoms with Crippen LogP contribution in [0.25, 0.3) is 0 Å². The number of rotatable bonds is 1. The Hall–Kier alpha value is -1.10. The summed E-state index contributed by atoms with van der Waals surface area (Å²) in [6, 6.07) is 0. The molecule has 0 aromatic heterocycles. The van der Waals surface area contributed by atoms with E-state index in [9.17, 15) is 9.59 Å². The molecule has 2 atom stereocenters. The molecule has 0 aromatic rings. The van der Waals surface area contributed by atoms with Gasteiger partial charge in [-0.1, -0.05) is 0 Å². The number of nitrogens with one attached hydrogen (secondary N) is 1. The van der Waals surface area contributed by atoms with Crippen LogP contribution in [0.2, 0.25) is 0 Å². The summed E-state index contributed by atoms with van der Waals surface area (Å²) in [6.45, 7) is 4.65. The van der Waals surface area contributed by atoms with Crippen LogP contribution in [0.15, 0.2) is 0 Å². The SMILES string of the molecule is CC1CN(C(=O)C2CCC(=O)NC2)CCCO1. The lowest BCUT2D eigenvalue weighted by molar-refractivity contribution is -0.138. The third kappa shape index (κ3) is 3.19. The molecule has 96 valence electrons. The Morgan fingerprint density at radius 3 is 3.06 bits per heavy atom. The molecule has 2 aliphatic heterocycles. The van der Waals surface area contributed by atoms with Crippen molar-refractivity contribution >= 4 is 11.8 Å². The minimum atomic E-state index is -0.0435. The Balaban J connectivity index is 1.91. The fourth-order valence-electron chi connectivity index (χ4n) is 2.40. The molecule has 2 fully saturated rings. The van der Waals surface area contributed by atoms with Crippen molar-refractivity contribution in [1.29, 1.82) is 0 Å². The fourth-order valence-corrected chi connectivity index (χ4v) is 2.40. The topological polar surface area (TPSA) is 58.6 Å². The molecule has 0 bridgehead atoms. The molecule has 0 radical (unpaired) electrons. The van der Waals surface area contributed by atoms with Crippen LogP contribution in [0.1, 0.15) is 26.2 Å². The number of piperidine rings is 1. The summed E-state index contributed by atoms with van der Waals surface area (Å²) in [7, 11) is 0. The van der Waals surface area contributed by atoms with Crippen molar-refractivity contribution in [3.63, 3.8) is 0 Å². The first kappa shape index (κ1) is 12.4. The lowest BCUT2D eigenvalue weighted by Gasteiger charge is -2.29. The number of nitrogens with zero attached hydrogens (tertiary/aromatic N) is 1. The third-order valence-corrected chi connectivity index (χ3v) is 3.38. The van der Waals surface area contributed by atoms with Gasteiger partial charge < -0.3 is 15.0 Å². The van der Waals surface area contributed by atoms with E-state index in [0.29, 0.717) is 25.9 Å². The molecular formula is C12H20N2O3. The average Bonchev–Trinajstić information content (AvgIpc) is 2.54. The number of carbonyl (C=O) groups is 2. The van der Waals surface area contributed by atoms with Crippen LogP contribution >= 0.6 is 0 Å². The van der Waals surface area contributed by atoms with Crippen LogP contribution < -0.4 is 5.32 Å². The van der Waals surface area contributed by atoms with Crippen molar-refractivity contribution in [2.45, 2.75) is 32.3 Å². The van der Waals surface area contributed by atoms with E-state index >= 15 is 0 Å². The lowest BCUT2D eigenvalue weighted by atomic mass is 9.97. The maximum Gasteiger partial charge on any atom is 0.227 e. The van der Waals surface area contributed by atoms with Crippen LogP contribution in [0, 0.1) is 5.92 Å². The van der Waals surface area contributed by atoms with Gasteiger partial charge in [0, 0.05) is 32.7 Å². The van der Waals surface area contributed by atoms with Crippen molar-refractivity contribution in [2.75, 3.05) is 26.2 Å². The predicted octanol–water partition coefficient (Wildman–Crippen LogP) is 0.150. The van der Waals surface area contributed by atoms with Crippen molar-refractivity contribution in [3.8, 4) is 0 Å². The molecule has 2 rings (SSSR count). The summed E-state index contributed by atoms with van der Waals surface area (Å²) in [5, 5.41) is 2.76. The number of carbonyl (C=O) groups excluding carboxylic acids is 2. The standard InChI is InChI=1S/C12H20N2O3/c1-9-8-14(5-2-6-17-9)12(16)10-3-4-11(15)13-7-10/h9-10H,2-8H2,1H3,(H,13,15). The molecule has 2 amide bonds. The second kappa shape index (κ2) is 5.49. The molecule has 0 aliphatic carbocycles. The van der Waals surface area contributed by atoms with Gasteiger partial charge in [-0.05, 0) is 19.8 Å². The minimum Gasteiger partial charge on any atom is -0.377 e. The van der Waals surface area contributed by atoms with Crippen molar-refractivity contribution in [1.82, 2.24) is 10.2 Å². The van der Waals surface area contributed by atoms with Crippen LogP contribution in [0.5, 0.6) is 0 Å². The zero-order valence-corrected chi connectivity index (χ0v) is 10.3. The smallest absolute Gasteiger partial charge is 0.227 e. The molecule has 2 aliphatic rings. The molecule has 5 nitrogen and oxygen atoms in total. The quantitative estimate of drug-likeness (QED) is 0.710. The number of hydrogen-bond donors (Lipinski definition) is 1. The Morgan fingerprint density at radius 1 is 1.53 bits per heavy atom. The highest BCUT2D eigenvalue weighted by molar-refractivity contribution is 5.83. The fraction of sp³-hybridized carbons (Fsp3) is 0.833. The summed E-state index contributed by atoms with van der Waals surface area (Å²) >= 11 is 0. The van der Waals surface area contributed by atoms with Gasteiger partial charge in [0.15, 0.2) is 0 Å². The molecule has 0 aromatic carbocycles. The van der Waals surface area contributed by atoms with Gasteiger partial charge >= 0.3 is 0 Å². The highest BCUT2D eigenvalue weighted by atomic mass is 16.5. The van der Waals surface area contributed by atoms with E-state index in [-0.39, 0.29) is 23.8 Å². The Bertz CT molecular complexity index is 296. The number of amides is 2. The van der Waals surface area contributed by atoms with E-state index in [1.807, 2.05) is 11.8 Å². The van der Waals surface area contributed by atoms with Crippen molar-refractivity contribution in [2.24, 2.45) is 5.92 Å². The maximum absolute atomic E-state index is 12.3. The summed E-state index contributed by atoms with van der Waals surface area (Å²) in [5.74, 6) is 0.182. The summed E-state index contributed by atoms with van der Waals surface area (Å²) in [5.41, 5.74) is 0. The van der Waals surface area contributed by atoms with E-state index < -0.39 is 0 Å². The second-order valence-corrected chi connectivity index (χ2v) is 4.86. The Labute approximate surface area is 101 Å². The van der Waals surface area contributed by atoms with Gasteiger partial charge in [0.1, 0.15) is 0 Å². The first-order valence-electron chi connectivity index (χ1n) is 6.34. The van der Waals surface area contributed by atoms with Gasteiger partial charge in [0.2, 0.25) is 11.8 Å². The summed E-state index contributed by atoms with van der Waals surface area (Å²) < 4.78 is 5.52. The maximum atomic E-state index is 12.3. The molecule has 2 unspecified atom stereocenters. The number of hydrogen-bond acceptors (Lipinski definition) is 3. The van der Waals surface area contributed by atoms with Gasteiger partial charge in [0.25, 0.3) is 0 Å².